The number of amides is 1. The fraction of sp³-hybridized carbons (Fsp3) is 0.316. The van der Waals surface area contributed by atoms with Crippen molar-refractivity contribution in [3.63, 3.8) is 0 Å². The van der Waals surface area contributed by atoms with Crippen LogP contribution < -0.4 is 14.8 Å². The van der Waals surface area contributed by atoms with Gasteiger partial charge in [0.2, 0.25) is 0 Å². The van der Waals surface area contributed by atoms with Crippen LogP contribution in [0.1, 0.15) is 22.0 Å². The Morgan fingerprint density at radius 2 is 1.80 bits per heavy atom. The Labute approximate surface area is 153 Å². The van der Waals surface area contributed by atoms with E-state index in [1.54, 1.807) is 25.3 Å². The first kappa shape index (κ1) is 19.1. The predicted molar refractivity (Wildman–Crippen MR) is 99.8 cm³/mol. The molecule has 0 aliphatic heterocycles. The second kappa shape index (κ2) is 8.74. The summed E-state index contributed by atoms with van der Waals surface area (Å²) in [6.07, 6.45) is 0. The summed E-state index contributed by atoms with van der Waals surface area (Å²) in [5, 5.41) is 3.45. The molecule has 1 atom stereocenters. The van der Waals surface area contributed by atoms with Gasteiger partial charge in [0.15, 0.2) is 0 Å². The fourth-order valence-electron chi connectivity index (χ4n) is 2.57. The van der Waals surface area contributed by atoms with E-state index < -0.39 is 0 Å². The van der Waals surface area contributed by atoms with Gasteiger partial charge in [-0.2, -0.15) is 0 Å². The molecule has 0 aromatic heterocycles. The molecule has 25 heavy (non-hydrogen) atoms. The molecule has 1 N–H and O–H groups in total. The van der Waals surface area contributed by atoms with Gasteiger partial charge < -0.3 is 19.7 Å². The minimum atomic E-state index is -0.222. The maximum absolute atomic E-state index is 12.5. The number of likely N-dealkylation sites (N-methyl/N-ethyl adjacent to an activating group) is 1. The molecular formula is C19H23ClN2O3. The van der Waals surface area contributed by atoms with Crippen molar-refractivity contribution in [2.24, 2.45) is 0 Å². The van der Waals surface area contributed by atoms with Crippen molar-refractivity contribution >= 4 is 17.5 Å². The topological polar surface area (TPSA) is 50.8 Å². The number of nitrogens with zero attached hydrogens (tertiary/aromatic N) is 1. The van der Waals surface area contributed by atoms with Crippen molar-refractivity contribution in [3.05, 3.63) is 58.6 Å². The summed E-state index contributed by atoms with van der Waals surface area (Å²) in [6, 6.07) is 12.8. The zero-order valence-corrected chi connectivity index (χ0v) is 15.6. The lowest BCUT2D eigenvalue weighted by Gasteiger charge is -2.25. The van der Waals surface area contributed by atoms with Gasteiger partial charge in [0.25, 0.3) is 5.91 Å². The summed E-state index contributed by atoms with van der Waals surface area (Å²) in [5.41, 5.74) is 1.51. The summed E-state index contributed by atoms with van der Waals surface area (Å²) >= 11 is 6.00. The number of hydrogen-bond donors (Lipinski definition) is 1. The maximum atomic E-state index is 12.5. The molecule has 2 rings (SSSR count). The molecule has 1 amide bonds. The van der Waals surface area contributed by atoms with E-state index in [2.05, 4.69) is 10.2 Å². The first-order valence-corrected chi connectivity index (χ1v) is 8.26. The summed E-state index contributed by atoms with van der Waals surface area (Å²) in [4.78, 5) is 14.6. The van der Waals surface area contributed by atoms with E-state index in [1.165, 1.54) is 7.11 Å². The lowest BCUT2D eigenvalue weighted by molar-refractivity contribution is 0.0939. The fourth-order valence-corrected chi connectivity index (χ4v) is 2.74. The van der Waals surface area contributed by atoms with Gasteiger partial charge >= 0.3 is 0 Å². The highest BCUT2D eigenvalue weighted by molar-refractivity contribution is 6.31. The summed E-state index contributed by atoms with van der Waals surface area (Å²) in [5.74, 6) is 1.07. The van der Waals surface area contributed by atoms with Crippen LogP contribution in [0.3, 0.4) is 0 Å². The van der Waals surface area contributed by atoms with Crippen LogP contribution in [0.25, 0.3) is 0 Å². The van der Waals surface area contributed by atoms with E-state index in [0.29, 0.717) is 22.9 Å². The molecule has 2 aromatic rings. The van der Waals surface area contributed by atoms with Crippen LogP contribution in [-0.4, -0.2) is 45.7 Å². The number of benzene rings is 2. The van der Waals surface area contributed by atoms with E-state index in [9.17, 15) is 4.79 Å². The molecule has 0 aliphatic rings. The van der Waals surface area contributed by atoms with Gasteiger partial charge in [-0.15, -0.1) is 0 Å². The molecule has 0 unspecified atom stereocenters. The third kappa shape index (κ3) is 4.87. The Kier molecular flexibility index (Phi) is 6.67. The van der Waals surface area contributed by atoms with Crippen molar-refractivity contribution in [1.82, 2.24) is 10.2 Å². The second-order valence-corrected chi connectivity index (χ2v) is 6.24. The van der Waals surface area contributed by atoms with E-state index in [-0.39, 0.29) is 11.9 Å². The molecule has 0 saturated carbocycles. The van der Waals surface area contributed by atoms with Crippen LogP contribution in [0.5, 0.6) is 11.5 Å². The Morgan fingerprint density at radius 1 is 1.12 bits per heavy atom. The Bertz CT molecular complexity index is 717. The van der Waals surface area contributed by atoms with Gasteiger partial charge in [-0.1, -0.05) is 23.7 Å². The SMILES string of the molecule is COc1ccc([C@H](CNC(=O)c2cc(Cl)ccc2OC)N(C)C)cc1. The number of hydrogen-bond acceptors (Lipinski definition) is 4. The molecule has 5 nitrogen and oxygen atoms in total. The number of ether oxygens (including phenoxy) is 2. The van der Waals surface area contributed by atoms with Gasteiger partial charge in [-0.05, 0) is 50.0 Å². The zero-order chi connectivity index (χ0) is 18.4. The zero-order valence-electron chi connectivity index (χ0n) is 14.9. The molecule has 134 valence electrons. The molecule has 0 aliphatic carbocycles. The molecule has 0 heterocycles. The van der Waals surface area contributed by atoms with Crippen LogP contribution in [-0.2, 0) is 0 Å². The van der Waals surface area contributed by atoms with E-state index in [0.717, 1.165) is 11.3 Å². The highest BCUT2D eigenvalue weighted by atomic mass is 35.5. The third-order valence-corrected chi connectivity index (χ3v) is 4.22. The Morgan fingerprint density at radius 3 is 2.36 bits per heavy atom. The average Bonchev–Trinajstić information content (AvgIpc) is 2.62. The number of halogens is 1. The molecule has 0 saturated heterocycles. The van der Waals surface area contributed by atoms with Crippen LogP contribution in [0.4, 0.5) is 0 Å². The molecule has 2 aromatic carbocycles. The van der Waals surface area contributed by atoms with Gasteiger partial charge in [0.1, 0.15) is 11.5 Å². The highest BCUT2D eigenvalue weighted by Gasteiger charge is 2.18. The number of nitrogens with one attached hydrogen (secondary N) is 1. The quantitative estimate of drug-likeness (QED) is 0.820. The number of methoxy groups -OCH3 is 2. The van der Waals surface area contributed by atoms with Crippen molar-refractivity contribution < 1.29 is 14.3 Å². The largest absolute Gasteiger partial charge is 0.497 e. The number of carbonyl (C=O) groups excluding carboxylic acids is 1. The first-order valence-electron chi connectivity index (χ1n) is 7.88. The lowest BCUT2D eigenvalue weighted by atomic mass is 10.1. The predicted octanol–water partition coefficient (Wildman–Crippen LogP) is 3.39. The van der Waals surface area contributed by atoms with E-state index in [1.807, 2.05) is 38.4 Å². The number of carbonyl (C=O) groups is 1. The standard InChI is InChI=1S/C19H23ClN2O3/c1-22(2)17(13-5-8-15(24-3)9-6-13)12-21-19(23)16-11-14(20)7-10-18(16)25-4/h5-11,17H,12H2,1-4H3,(H,21,23)/t17-/m0/s1. The molecule has 0 fully saturated rings. The molecular weight excluding hydrogens is 340 g/mol. The van der Waals surface area contributed by atoms with Crippen molar-refractivity contribution in [2.45, 2.75) is 6.04 Å². The molecule has 0 bridgehead atoms. The highest BCUT2D eigenvalue weighted by Crippen LogP contribution is 2.24. The summed E-state index contributed by atoms with van der Waals surface area (Å²) in [6.45, 7) is 0.452. The first-order chi connectivity index (χ1) is 12.0. The monoisotopic (exact) mass is 362 g/mol. The van der Waals surface area contributed by atoms with Crippen molar-refractivity contribution in [2.75, 3.05) is 34.9 Å². The van der Waals surface area contributed by atoms with Gasteiger partial charge in [0, 0.05) is 11.6 Å². The van der Waals surface area contributed by atoms with Gasteiger partial charge in [-0.25, -0.2) is 0 Å². The maximum Gasteiger partial charge on any atom is 0.255 e. The van der Waals surface area contributed by atoms with Crippen LogP contribution in [0.2, 0.25) is 5.02 Å². The summed E-state index contributed by atoms with van der Waals surface area (Å²) in [7, 11) is 7.11. The normalized spacial score (nSPS) is 11.9. The minimum absolute atomic E-state index is 0.0278. The van der Waals surface area contributed by atoms with Gasteiger partial charge in [-0.3, -0.25) is 4.79 Å². The Hall–Kier alpha value is -2.24. The van der Waals surface area contributed by atoms with Crippen molar-refractivity contribution in [1.29, 1.82) is 0 Å². The molecule has 6 heteroatoms. The molecule has 0 spiro atoms. The second-order valence-electron chi connectivity index (χ2n) is 5.81. The van der Waals surface area contributed by atoms with Crippen molar-refractivity contribution in [3.8, 4) is 11.5 Å². The van der Waals surface area contributed by atoms with E-state index >= 15 is 0 Å². The summed E-state index contributed by atoms with van der Waals surface area (Å²) < 4.78 is 10.4. The average molecular weight is 363 g/mol. The van der Waals surface area contributed by atoms with Crippen LogP contribution in [0, 0.1) is 0 Å². The molecule has 0 radical (unpaired) electrons. The minimum Gasteiger partial charge on any atom is -0.497 e. The van der Waals surface area contributed by atoms with Gasteiger partial charge in [0.05, 0.1) is 25.8 Å². The third-order valence-electron chi connectivity index (χ3n) is 3.99. The number of rotatable bonds is 7. The smallest absolute Gasteiger partial charge is 0.255 e. The van der Waals surface area contributed by atoms with Crippen LogP contribution >= 0.6 is 11.6 Å². The van der Waals surface area contributed by atoms with Crippen LogP contribution in [0.15, 0.2) is 42.5 Å². The Balaban J connectivity index is 2.13. The van der Waals surface area contributed by atoms with E-state index in [4.69, 9.17) is 21.1 Å². The lowest BCUT2D eigenvalue weighted by Crippen LogP contribution is -2.34.